The number of fused-ring (bicyclic) bond motifs is 1. The Balaban J connectivity index is 1.39. The average Bonchev–Trinajstić information content (AvgIpc) is 2.98. The van der Waals surface area contributed by atoms with Crippen molar-refractivity contribution in [3.8, 4) is 11.1 Å². The van der Waals surface area contributed by atoms with Crippen LogP contribution in [-0.4, -0.2) is 69.7 Å². The molecular formula is C28H28ClF2N7O2. The molecule has 0 spiro atoms. The number of amides is 1. The van der Waals surface area contributed by atoms with Gasteiger partial charge in [-0.25, -0.2) is 18.7 Å². The summed E-state index contributed by atoms with van der Waals surface area (Å²) in [7, 11) is 0. The van der Waals surface area contributed by atoms with E-state index < -0.39 is 24.5 Å². The zero-order chi connectivity index (χ0) is 28.4. The SMILES string of the molecule is CC(Nc1c(Cl)cnc2cc(F)c(-c3cnc(N4CCN(C(=O)[C@H](N)CO)CC4)nc3)cc12)c1ccccc1F. The number of piperazine rings is 1. The monoisotopic (exact) mass is 567 g/mol. The zero-order valence-electron chi connectivity index (χ0n) is 21.7. The Hall–Kier alpha value is -3.93. The van der Waals surface area contributed by atoms with Crippen molar-refractivity contribution < 1.29 is 18.7 Å². The topological polar surface area (TPSA) is 121 Å². The fourth-order valence-corrected chi connectivity index (χ4v) is 4.95. The Labute approximate surface area is 234 Å². The molecule has 4 N–H and O–H groups in total. The minimum Gasteiger partial charge on any atom is -0.394 e. The van der Waals surface area contributed by atoms with Crippen molar-refractivity contribution in [1.29, 1.82) is 0 Å². The molecule has 0 radical (unpaired) electrons. The summed E-state index contributed by atoms with van der Waals surface area (Å²) in [5, 5.41) is 13.3. The van der Waals surface area contributed by atoms with Crippen LogP contribution < -0.4 is 16.0 Å². The third-order valence-corrected chi connectivity index (χ3v) is 7.27. The largest absolute Gasteiger partial charge is 0.394 e. The van der Waals surface area contributed by atoms with E-state index in [0.717, 1.165) is 0 Å². The highest BCUT2D eigenvalue weighted by Crippen LogP contribution is 2.36. The highest BCUT2D eigenvalue weighted by molar-refractivity contribution is 6.34. The summed E-state index contributed by atoms with van der Waals surface area (Å²) in [6, 6.07) is 8.07. The molecule has 40 heavy (non-hydrogen) atoms. The van der Waals surface area contributed by atoms with Crippen molar-refractivity contribution in [3.63, 3.8) is 0 Å². The Morgan fingerprint density at radius 3 is 2.45 bits per heavy atom. The molecule has 2 atom stereocenters. The Kier molecular flexibility index (Phi) is 8.06. The number of hydrogen-bond acceptors (Lipinski definition) is 8. The van der Waals surface area contributed by atoms with Gasteiger partial charge in [0.2, 0.25) is 11.9 Å². The first-order valence-electron chi connectivity index (χ1n) is 12.8. The summed E-state index contributed by atoms with van der Waals surface area (Å²) in [6.07, 6.45) is 4.51. The molecular weight excluding hydrogens is 540 g/mol. The van der Waals surface area contributed by atoms with Crippen molar-refractivity contribution in [1.82, 2.24) is 19.9 Å². The van der Waals surface area contributed by atoms with Crippen molar-refractivity contribution in [3.05, 3.63) is 77.2 Å². The third kappa shape index (κ3) is 5.53. The van der Waals surface area contributed by atoms with E-state index in [2.05, 4.69) is 20.3 Å². The number of carbonyl (C=O) groups is 1. The van der Waals surface area contributed by atoms with Crippen molar-refractivity contribution >= 4 is 40.0 Å². The van der Waals surface area contributed by atoms with Crippen LogP contribution in [0, 0.1) is 11.6 Å². The number of nitrogens with two attached hydrogens (primary N) is 1. The van der Waals surface area contributed by atoms with Crippen LogP contribution in [0.5, 0.6) is 0 Å². The van der Waals surface area contributed by atoms with Gasteiger partial charge < -0.3 is 26.0 Å². The van der Waals surface area contributed by atoms with E-state index in [1.807, 2.05) is 11.8 Å². The van der Waals surface area contributed by atoms with Gasteiger partial charge in [0.25, 0.3) is 0 Å². The van der Waals surface area contributed by atoms with Crippen LogP contribution in [0.25, 0.3) is 22.0 Å². The van der Waals surface area contributed by atoms with Gasteiger partial charge in [0.1, 0.15) is 17.7 Å². The third-order valence-electron chi connectivity index (χ3n) is 6.98. The number of pyridine rings is 1. The minimum atomic E-state index is -0.928. The van der Waals surface area contributed by atoms with Crippen LogP contribution in [0.15, 0.2) is 55.0 Å². The van der Waals surface area contributed by atoms with Gasteiger partial charge in [-0.1, -0.05) is 29.8 Å². The molecule has 1 unspecified atom stereocenters. The Morgan fingerprint density at radius 2 is 1.77 bits per heavy atom. The summed E-state index contributed by atoms with van der Waals surface area (Å²) in [6.45, 7) is 3.24. The van der Waals surface area contributed by atoms with Crippen LogP contribution >= 0.6 is 11.6 Å². The van der Waals surface area contributed by atoms with Gasteiger partial charge >= 0.3 is 0 Å². The second kappa shape index (κ2) is 11.7. The first-order chi connectivity index (χ1) is 19.3. The molecule has 2 aromatic carbocycles. The first-order valence-corrected chi connectivity index (χ1v) is 13.2. The normalized spacial score (nSPS) is 15.2. The van der Waals surface area contributed by atoms with Gasteiger partial charge in [0.15, 0.2) is 0 Å². The predicted molar refractivity (Wildman–Crippen MR) is 150 cm³/mol. The number of anilines is 2. The van der Waals surface area contributed by atoms with Crippen LogP contribution in [0.4, 0.5) is 20.4 Å². The van der Waals surface area contributed by atoms with Gasteiger partial charge in [-0.3, -0.25) is 9.78 Å². The van der Waals surface area contributed by atoms with Gasteiger partial charge in [0, 0.05) is 72.9 Å². The summed E-state index contributed by atoms with van der Waals surface area (Å²) in [4.78, 5) is 28.9. The smallest absolute Gasteiger partial charge is 0.241 e. The Morgan fingerprint density at radius 1 is 1.07 bits per heavy atom. The Bertz CT molecular complexity index is 1530. The molecule has 208 valence electrons. The summed E-state index contributed by atoms with van der Waals surface area (Å²) >= 11 is 6.49. The van der Waals surface area contributed by atoms with Crippen LogP contribution in [-0.2, 0) is 4.79 Å². The number of halogens is 3. The maximum Gasteiger partial charge on any atom is 0.241 e. The van der Waals surface area contributed by atoms with E-state index >= 15 is 4.39 Å². The molecule has 4 aromatic rings. The second-order valence-electron chi connectivity index (χ2n) is 9.59. The van der Waals surface area contributed by atoms with Crippen LogP contribution in [0.2, 0.25) is 5.02 Å². The number of aliphatic hydroxyl groups excluding tert-OH is 1. The number of nitrogens with zero attached hydrogens (tertiary/aromatic N) is 5. The molecule has 0 saturated carbocycles. The van der Waals surface area contributed by atoms with E-state index in [9.17, 15) is 9.18 Å². The molecule has 5 rings (SSSR count). The highest BCUT2D eigenvalue weighted by Gasteiger charge is 2.26. The van der Waals surface area contributed by atoms with Gasteiger partial charge in [0.05, 0.1) is 28.9 Å². The number of carbonyl (C=O) groups excluding carboxylic acids is 1. The standard InChI is InChI=1S/C28H28ClF2N7O2/c1-16(18-4-2-3-5-22(18)30)36-26-20-10-19(23(31)11-25(20)33-14-21(26)29)17-12-34-28(35-13-17)38-8-6-37(7-9-38)27(40)24(32)15-39/h2-5,10-14,16,24,39H,6-9,15,32H2,1H3,(H,33,36)/t16?,24-/m1/s1. The molecule has 0 aliphatic carbocycles. The number of aliphatic hydroxyl groups is 1. The fourth-order valence-electron chi connectivity index (χ4n) is 4.74. The number of rotatable bonds is 7. The average molecular weight is 568 g/mol. The molecule has 3 heterocycles. The number of aromatic nitrogens is 3. The summed E-state index contributed by atoms with van der Waals surface area (Å²) in [5.41, 5.74) is 7.73. The molecule has 0 bridgehead atoms. The maximum absolute atomic E-state index is 15.2. The van der Waals surface area contributed by atoms with Crippen molar-refractivity contribution in [2.45, 2.75) is 19.0 Å². The molecule has 12 heteroatoms. The lowest BCUT2D eigenvalue weighted by atomic mass is 10.0. The lowest BCUT2D eigenvalue weighted by molar-refractivity contribution is -0.133. The predicted octanol–water partition coefficient (Wildman–Crippen LogP) is 3.76. The molecule has 2 aromatic heterocycles. The molecule has 1 saturated heterocycles. The van der Waals surface area contributed by atoms with Crippen LogP contribution in [0.1, 0.15) is 18.5 Å². The fraction of sp³-hybridized carbons (Fsp3) is 0.286. The minimum absolute atomic E-state index is 0.262. The van der Waals surface area contributed by atoms with Gasteiger partial charge in [-0.15, -0.1) is 0 Å². The number of benzene rings is 2. The molecule has 1 amide bonds. The van der Waals surface area contributed by atoms with E-state index in [-0.39, 0.29) is 17.3 Å². The second-order valence-corrected chi connectivity index (χ2v) is 10.00. The quantitative estimate of drug-likeness (QED) is 0.309. The molecule has 1 aliphatic rings. The van der Waals surface area contributed by atoms with E-state index in [1.54, 1.807) is 41.6 Å². The number of nitrogens with one attached hydrogen (secondary N) is 1. The van der Waals surface area contributed by atoms with E-state index in [4.69, 9.17) is 22.4 Å². The highest BCUT2D eigenvalue weighted by atomic mass is 35.5. The lowest BCUT2D eigenvalue weighted by Gasteiger charge is -2.35. The summed E-state index contributed by atoms with van der Waals surface area (Å²) < 4.78 is 29.6. The van der Waals surface area contributed by atoms with Crippen LogP contribution in [0.3, 0.4) is 0 Å². The van der Waals surface area contributed by atoms with Gasteiger partial charge in [-0.2, -0.15) is 0 Å². The van der Waals surface area contributed by atoms with E-state index in [0.29, 0.717) is 64.9 Å². The van der Waals surface area contributed by atoms with Crippen molar-refractivity contribution in [2.75, 3.05) is 43.0 Å². The molecule has 1 aliphatic heterocycles. The first kappa shape index (κ1) is 27.6. The number of hydrogen-bond donors (Lipinski definition) is 3. The van der Waals surface area contributed by atoms with Crippen molar-refractivity contribution in [2.24, 2.45) is 5.73 Å². The summed E-state index contributed by atoms with van der Waals surface area (Å²) in [5.74, 6) is -0.687. The zero-order valence-corrected chi connectivity index (χ0v) is 22.4. The molecule has 9 nitrogen and oxygen atoms in total. The lowest BCUT2D eigenvalue weighted by Crippen LogP contribution is -2.54. The molecule has 1 fully saturated rings. The maximum atomic E-state index is 15.2. The van der Waals surface area contributed by atoms with Gasteiger partial charge in [-0.05, 0) is 19.1 Å². The van der Waals surface area contributed by atoms with E-state index in [1.165, 1.54) is 18.3 Å².